The number of likely N-dealkylation sites (tertiary alicyclic amines) is 1. The van der Waals surface area contributed by atoms with Crippen LogP contribution < -0.4 is 5.32 Å². The molecule has 0 saturated carbocycles. The van der Waals surface area contributed by atoms with Crippen molar-refractivity contribution in [1.82, 2.24) is 10.2 Å². The lowest BCUT2D eigenvalue weighted by molar-refractivity contribution is 0.133. The molecular formula is C14H30N2. The summed E-state index contributed by atoms with van der Waals surface area (Å²) in [6.45, 7) is 13.0. The summed E-state index contributed by atoms with van der Waals surface area (Å²) in [4.78, 5) is 2.68. The van der Waals surface area contributed by atoms with E-state index in [1.54, 1.807) is 0 Å². The number of piperidine rings is 1. The molecule has 16 heavy (non-hydrogen) atoms. The van der Waals surface area contributed by atoms with Gasteiger partial charge in [0, 0.05) is 18.6 Å². The van der Waals surface area contributed by atoms with Crippen molar-refractivity contribution in [2.75, 3.05) is 19.6 Å². The minimum atomic E-state index is 0.667. The van der Waals surface area contributed by atoms with E-state index in [-0.39, 0.29) is 0 Å². The largest absolute Gasteiger partial charge is 0.312 e. The first-order chi connectivity index (χ1) is 7.65. The van der Waals surface area contributed by atoms with Gasteiger partial charge in [0.05, 0.1) is 0 Å². The molecule has 2 unspecified atom stereocenters. The van der Waals surface area contributed by atoms with Gasteiger partial charge in [-0.1, -0.05) is 27.2 Å². The maximum Gasteiger partial charge on any atom is 0.0218 e. The van der Waals surface area contributed by atoms with E-state index in [1.807, 2.05) is 0 Å². The van der Waals surface area contributed by atoms with Crippen LogP contribution in [0.15, 0.2) is 0 Å². The molecule has 2 heteroatoms. The number of hydrogen-bond donors (Lipinski definition) is 1. The highest BCUT2D eigenvalue weighted by atomic mass is 15.2. The topological polar surface area (TPSA) is 15.3 Å². The Balaban J connectivity index is 2.39. The van der Waals surface area contributed by atoms with Crippen LogP contribution in [0, 0.1) is 5.92 Å². The van der Waals surface area contributed by atoms with Gasteiger partial charge in [-0.05, 0) is 45.2 Å². The maximum atomic E-state index is 3.70. The fraction of sp³-hybridized carbons (Fsp3) is 1.00. The molecule has 2 atom stereocenters. The molecule has 1 rings (SSSR count). The SMILES string of the molecule is CCCNC(CN1CCCCC1C)C(C)C. The van der Waals surface area contributed by atoms with Crippen LogP contribution >= 0.6 is 0 Å². The van der Waals surface area contributed by atoms with Gasteiger partial charge in [-0.25, -0.2) is 0 Å². The summed E-state index contributed by atoms with van der Waals surface area (Å²) in [6.07, 6.45) is 5.44. The Morgan fingerprint density at radius 2 is 2.06 bits per heavy atom. The van der Waals surface area contributed by atoms with Crippen LogP contribution in [0.4, 0.5) is 0 Å². The highest BCUT2D eigenvalue weighted by Gasteiger charge is 2.22. The van der Waals surface area contributed by atoms with Gasteiger partial charge in [-0.3, -0.25) is 4.90 Å². The molecule has 0 spiro atoms. The summed E-state index contributed by atoms with van der Waals surface area (Å²) in [6, 6.07) is 1.46. The van der Waals surface area contributed by atoms with Crippen LogP contribution in [0.2, 0.25) is 0 Å². The first kappa shape index (κ1) is 14.0. The van der Waals surface area contributed by atoms with Gasteiger partial charge >= 0.3 is 0 Å². The van der Waals surface area contributed by atoms with Crippen LogP contribution in [0.3, 0.4) is 0 Å². The summed E-state index contributed by atoms with van der Waals surface area (Å²) < 4.78 is 0. The molecule has 0 bridgehead atoms. The Labute approximate surface area is 102 Å². The van der Waals surface area contributed by atoms with E-state index in [9.17, 15) is 0 Å². The van der Waals surface area contributed by atoms with Crippen molar-refractivity contribution >= 4 is 0 Å². The Morgan fingerprint density at radius 3 is 2.62 bits per heavy atom. The van der Waals surface area contributed by atoms with Crippen molar-refractivity contribution in [3.05, 3.63) is 0 Å². The fourth-order valence-electron chi connectivity index (χ4n) is 2.52. The molecule has 1 saturated heterocycles. The van der Waals surface area contributed by atoms with E-state index in [1.165, 1.54) is 38.8 Å². The average molecular weight is 226 g/mol. The van der Waals surface area contributed by atoms with Crippen LogP contribution in [0.5, 0.6) is 0 Å². The predicted molar refractivity (Wildman–Crippen MR) is 71.8 cm³/mol. The average Bonchev–Trinajstić information content (AvgIpc) is 2.26. The van der Waals surface area contributed by atoms with Gasteiger partial charge in [-0.15, -0.1) is 0 Å². The molecule has 0 aromatic carbocycles. The first-order valence-electron chi connectivity index (χ1n) is 7.12. The third-order valence-corrected chi connectivity index (χ3v) is 3.83. The molecule has 0 aromatic rings. The Kier molecular flexibility index (Phi) is 6.37. The molecule has 0 aliphatic carbocycles. The van der Waals surface area contributed by atoms with Gasteiger partial charge in [0.1, 0.15) is 0 Å². The van der Waals surface area contributed by atoms with Crippen molar-refractivity contribution in [2.45, 2.75) is 65.5 Å². The molecule has 1 aliphatic rings. The van der Waals surface area contributed by atoms with Crippen molar-refractivity contribution in [3.8, 4) is 0 Å². The lowest BCUT2D eigenvalue weighted by Crippen LogP contribution is -2.48. The Bertz CT molecular complexity index is 180. The molecule has 0 amide bonds. The van der Waals surface area contributed by atoms with Crippen LogP contribution in [-0.4, -0.2) is 36.6 Å². The van der Waals surface area contributed by atoms with Gasteiger partial charge in [0.25, 0.3) is 0 Å². The highest BCUT2D eigenvalue weighted by Crippen LogP contribution is 2.17. The minimum Gasteiger partial charge on any atom is -0.312 e. The summed E-state index contributed by atoms with van der Waals surface area (Å²) >= 11 is 0. The summed E-state index contributed by atoms with van der Waals surface area (Å²) in [7, 11) is 0. The zero-order valence-corrected chi connectivity index (χ0v) is 11.6. The first-order valence-corrected chi connectivity index (χ1v) is 7.12. The molecule has 1 heterocycles. The van der Waals surface area contributed by atoms with E-state index in [4.69, 9.17) is 0 Å². The molecule has 1 N–H and O–H groups in total. The van der Waals surface area contributed by atoms with Crippen LogP contribution in [0.25, 0.3) is 0 Å². The quantitative estimate of drug-likeness (QED) is 0.749. The third-order valence-electron chi connectivity index (χ3n) is 3.83. The number of nitrogens with zero attached hydrogens (tertiary/aromatic N) is 1. The van der Waals surface area contributed by atoms with Gasteiger partial charge < -0.3 is 5.32 Å². The molecular weight excluding hydrogens is 196 g/mol. The molecule has 1 aliphatic heterocycles. The van der Waals surface area contributed by atoms with E-state index in [2.05, 4.69) is 37.9 Å². The fourth-order valence-corrected chi connectivity index (χ4v) is 2.52. The molecule has 2 nitrogen and oxygen atoms in total. The normalized spacial score (nSPS) is 24.9. The second kappa shape index (κ2) is 7.29. The summed E-state index contributed by atoms with van der Waals surface area (Å²) in [5.74, 6) is 0.737. The Hall–Kier alpha value is -0.0800. The van der Waals surface area contributed by atoms with Crippen molar-refractivity contribution in [1.29, 1.82) is 0 Å². The van der Waals surface area contributed by atoms with Gasteiger partial charge in [0.15, 0.2) is 0 Å². The van der Waals surface area contributed by atoms with Crippen LogP contribution in [-0.2, 0) is 0 Å². The number of nitrogens with one attached hydrogen (secondary N) is 1. The van der Waals surface area contributed by atoms with Gasteiger partial charge in [0.2, 0.25) is 0 Å². The van der Waals surface area contributed by atoms with Crippen molar-refractivity contribution in [2.24, 2.45) is 5.92 Å². The summed E-state index contributed by atoms with van der Waals surface area (Å²) in [5.41, 5.74) is 0. The standard InChI is InChI=1S/C14H30N2/c1-5-9-15-14(12(2)3)11-16-10-7-6-8-13(16)4/h12-15H,5-11H2,1-4H3. The smallest absolute Gasteiger partial charge is 0.0218 e. The van der Waals surface area contributed by atoms with E-state index >= 15 is 0 Å². The molecule has 0 radical (unpaired) electrons. The van der Waals surface area contributed by atoms with E-state index < -0.39 is 0 Å². The van der Waals surface area contributed by atoms with Gasteiger partial charge in [-0.2, -0.15) is 0 Å². The lowest BCUT2D eigenvalue weighted by atomic mass is 9.99. The monoisotopic (exact) mass is 226 g/mol. The number of hydrogen-bond acceptors (Lipinski definition) is 2. The highest BCUT2D eigenvalue weighted by molar-refractivity contribution is 4.80. The second-order valence-electron chi connectivity index (χ2n) is 5.64. The lowest BCUT2D eigenvalue weighted by Gasteiger charge is -2.37. The minimum absolute atomic E-state index is 0.667. The number of rotatable bonds is 6. The molecule has 0 aromatic heterocycles. The van der Waals surface area contributed by atoms with E-state index in [0.29, 0.717) is 6.04 Å². The van der Waals surface area contributed by atoms with E-state index in [0.717, 1.165) is 18.5 Å². The van der Waals surface area contributed by atoms with Crippen LogP contribution in [0.1, 0.15) is 53.4 Å². The molecule has 96 valence electrons. The maximum absolute atomic E-state index is 3.70. The second-order valence-corrected chi connectivity index (χ2v) is 5.64. The predicted octanol–water partition coefficient (Wildman–Crippen LogP) is 2.89. The Morgan fingerprint density at radius 1 is 1.31 bits per heavy atom. The molecule has 1 fully saturated rings. The third kappa shape index (κ3) is 4.42. The zero-order valence-electron chi connectivity index (χ0n) is 11.6. The van der Waals surface area contributed by atoms with Crippen molar-refractivity contribution in [3.63, 3.8) is 0 Å². The van der Waals surface area contributed by atoms with Crippen molar-refractivity contribution < 1.29 is 0 Å². The summed E-state index contributed by atoms with van der Waals surface area (Å²) in [5, 5.41) is 3.70. The zero-order chi connectivity index (χ0) is 12.0.